The zero-order valence-electron chi connectivity index (χ0n) is 18.4. The van der Waals surface area contributed by atoms with E-state index in [1.165, 1.54) is 35.3 Å². The molecule has 0 saturated carbocycles. The Balaban J connectivity index is 0.00000245. The summed E-state index contributed by atoms with van der Waals surface area (Å²) < 4.78 is 12.0. The lowest BCUT2D eigenvalue weighted by Gasteiger charge is -2.22. The van der Waals surface area contributed by atoms with E-state index in [1.807, 2.05) is 23.1 Å². The van der Waals surface area contributed by atoms with Gasteiger partial charge in [-0.05, 0) is 76.0 Å². The predicted octanol–water partition coefficient (Wildman–Crippen LogP) is 1.51. The van der Waals surface area contributed by atoms with Crippen molar-refractivity contribution < 1.29 is 26.7 Å². The molecule has 1 aliphatic carbocycles. The van der Waals surface area contributed by atoms with Crippen LogP contribution in [0.15, 0.2) is 30.3 Å². The number of aromatic nitrogens is 1. The fourth-order valence-electron chi connectivity index (χ4n) is 4.27. The Labute approximate surface area is 198 Å². The van der Waals surface area contributed by atoms with Gasteiger partial charge in [-0.15, -0.1) is 0 Å². The van der Waals surface area contributed by atoms with Crippen molar-refractivity contribution in [3.8, 4) is 11.5 Å². The Bertz CT molecular complexity index is 1090. The molecule has 0 fully saturated rings. The van der Waals surface area contributed by atoms with Gasteiger partial charge in [-0.3, -0.25) is 9.69 Å². The standard InChI is InChI=1S/C24H27N3O3S.ClH/c1-26(2)10-5-11-27(23(28)18-9-8-16-6-3-4-7-17(16)12-18)24-25-19-13-20-21(30-15-29-20)14-22(19)31-24;/h8-9,12-14H,3-7,10-11,15H2,1-2H3;1H/p-1. The van der Waals surface area contributed by atoms with E-state index >= 15 is 0 Å². The van der Waals surface area contributed by atoms with Gasteiger partial charge >= 0.3 is 0 Å². The minimum atomic E-state index is 0. The Kier molecular flexibility index (Phi) is 6.88. The van der Waals surface area contributed by atoms with Crippen LogP contribution in [-0.2, 0) is 12.8 Å². The van der Waals surface area contributed by atoms with E-state index in [0.717, 1.165) is 52.5 Å². The van der Waals surface area contributed by atoms with Crippen molar-refractivity contribution in [1.29, 1.82) is 0 Å². The van der Waals surface area contributed by atoms with E-state index < -0.39 is 0 Å². The van der Waals surface area contributed by atoms with Gasteiger partial charge in [-0.25, -0.2) is 4.98 Å². The second-order valence-corrected chi connectivity index (χ2v) is 9.48. The maximum Gasteiger partial charge on any atom is 0.260 e. The van der Waals surface area contributed by atoms with E-state index in [4.69, 9.17) is 14.5 Å². The third-order valence-electron chi connectivity index (χ3n) is 5.93. The highest BCUT2D eigenvalue weighted by atomic mass is 35.5. The van der Waals surface area contributed by atoms with Crippen molar-refractivity contribution in [3.05, 3.63) is 47.0 Å². The Morgan fingerprint density at radius 1 is 1.03 bits per heavy atom. The SMILES string of the molecule is CN(C)CCCN(C(=O)c1ccc2c(c1)CCCC2)c1nc2cc3c(cc2s1)OCO3.[Cl-]. The van der Waals surface area contributed by atoms with Crippen LogP contribution in [0.2, 0.25) is 0 Å². The first-order chi connectivity index (χ1) is 15.1. The van der Waals surface area contributed by atoms with Crippen LogP contribution in [0.25, 0.3) is 10.2 Å². The summed E-state index contributed by atoms with van der Waals surface area (Å²) in [5.41, 5.74) is 4.29. The number of benzene rings is 2. The van der Waals surface area contributed by atoms with Crippen LogP contribution in [0.4, 0.5) is 5.13 Å². The summed E-state index contributed by atoms with van der Waals surface area (Å²) in [5, 5.41) is 0.722. The van der Waals surface area contributed by atoms with Crippen LogP contribution < -0.4 is 26.8 Å². The molecule has 6 nitrogen and oxygen atoms in total. The second kappa shape index (κ2) is 9.65. The average molecular weight is 473 g/mol. The molecule has 0 bridgehead atoms. The molecule has 3 aromatic rings. The number of thiazole rings is 1. The molecule has 0 unspecified atom stereocenters. The van der Waals surface area contributed by atoms with E-state index in [-0.39, 0.29) is 25.1 Å². The fourth-order valence-corrected chi connectivity index (χ4v) is 5.27. The van der Waals surface area contributed by atoms with Crippen molar-refractivity contribution in [1.82, 2.24) is 9.88 Å². The molecule has 2 aromatic carbocycles. The number of hydrogen-bond acceptors (Lipinski definition) is 6. The number of fused-ring (bicyclic) bond motifs is 3. The maximum atomic E-state index is 13.6. The van der Waals surface area contributed by atoms with Gasteiger partial charge in [0.25, 0.3) is 5.91 Å². The lowest BCUT2D eigenvalue weighted by atomic mass is 9.90. The largest absolute Gasteiger partial charge is 1.00 e. The van der Waals surface area contributed by atoms with Crippen LogP contribution in [0.5, 0.6) is 11.5 Å². The minimum Gasteiger partial charge on any atom is -1.00 e. The first kappa shape index (κ1) is 22.8. The van der Waals surface area contributed by atoms with Gasteiger partial charge < -0.3 is 26.8 Å². The highest BCUT2D eigenvalue weighted by Crippen LogP contribution is 2.40. The van der Waals surface area contributed by atoms with Gasteiger partial charge in [0, 0.05) is 24.2 Å². The number of aryl methyl sites for hydroxylation is 2. The monoisotopic (exact) mass is 472 g/mol. The summed E-state index contributed by atoms with van der Waals surface area (Å²) in [6, 6.07) is 10.1. The number of carbonyl (C=O) groups excluding carboxylic acids is 1. The summed E-state index contributed by atoms with van der Waals surface area (Å²) in [7, 11) is 4.10. The number of anilines is 1. The van der Waals surface area contributed by atoms with Gasteiger partial charge in [0.1, 0.15) is 0 Å². The molecule has 1 amide bonds. The van der Waals surface area contributed by atoms with Crippen molar-refractivity contribution in [3.63, 3.8) is 0 Å². The maximum absolute atomic E-state index is 13.6. The molecule has 170 valence electrons. The van der Waals surface area contributed by atoms with E-state index in [2.05, 4.69) is 31.1 Å². The molecule has 5 rings (SSSR count). The summed E-state index contributed by atoms with van der Waals surface area (Å²) in [6.07, 6.45) is 5.49. The third kappa shape index (κ3) is 4.56. The molecular formula is C24H27ClN3O3S-. The lowest BCUT2D eigenvalue weighted by molar-refractivity contribution is -0.0000154. The number of halogens is 1. The molecule has 0 N–H and O–H groups in total. The van der Waals surface area contributed by atoms with E-state index in [1.54, 1.807) is 0 Å². The normalized spacial score (nSPS) is 14.3. The van der Waals surface area contributed by atoms with Crippen LogP contribution in [0, 0.1) is 0 Å². The quantitative estimate of drug-likeness (QED) is 0.544. The van der Waals surface area contributed by atoms with Crippen molar-refractivity contribution in [2.75, 3.05) is 38.9 Å². The zero-order chi connectivity index (χ0) is 21.4. The molecule has 0 spiro atoms. The molecule has 2 heterocycles. The second-order valence-electron chi connectivity index (χ2n) is 8.47. The molecule has 1 aromatic heterocycles. The summed E-state index contributed by atoms with van der Waals surface area (Å²) in [6.45, 7) is 1.78. The van der Waals surface area contributed by atoms with Gasteiger partial charge in [-0.1, -0.05) is 17.4 Å². The van der Waals surface area contributed by atoms with Gasteiger partial charge in [-0.2, -0.15) is 0 Å². The third-order valence-corrected chi connectivity index (χ3v) is 6.97. The number of carbonyl (C=O) groups is 1. The average Bonchev–Trinajstić information content (AvgIpc) is 3.39. The molecule has 0 atom stereocenters. The number of hydrogen-bond donors (Lipinski definition) is 0. The summed E-state index contributed by atoms with van der Waals surface area (Å²) in [5.74, 6) is 1.47. The molecule has 32 heavy (non-hydrogen) atoms. The van der Waals surface area contributed by atoms with Crippen molar-refractivity contribution in [2.24, 2.45) is 0 Å². The van der Waals surface area contributed by atoms with Crippen LogP contribution >= 0.6 is 11.3 Å². The Hall–Kier alpha value is -2.35. The van der Waals surface area contributed by atoms with E-state index in [9.17, 15) is 4.79 Å². The molecule has 0 radical (unpaired) electrons. The van der Waals surface area contributed by atoms with Crippen molar-refractivity contribution in [2.45, 2.75) is 32.1 Å². The molecule has 8 heteroatoms. The fraction of sp³-hybridized carbons (Fsp3) is 0.417. The topological polar surface area (TPSA) is 54.9 Å². The first-order valence-corrected chi connectivity index (χ1v) is 11.7. The summed E-state index contributed by atoms with van der Waals surface area (Å²) in [4.78, 5) is 22.4. The summed E-state index contributed by atoms with van der Waals surface area (Å²) >= 11 is 1.53. The molecule has 2 aliphatic rings. The van der Waals surface area contributed by atoms with Crippen LogP contribution in [0.1, 0.15) is 40.7 Å². The highest BCUT2D eigenvalue weighted by molar-refractivity contribution is 7.22. The van der Waals surface area contributed by atoms with Crippen LogP contribution in [-0.4, -0.2) is 49.8 Å². The van der Waals surface area contributed by atoms with Crippen LogP contribution in [0.3, 0.4) is 0 Å². The molecular weight excluding hydrogens is 446 g/mol. The Morgan fingerprint density at radius 2 is 1.78 bits per heavy atom. The lowest BCUT2D eigenvalue weighted by Crippen LogP contribution is -3.00. The Morgan fingerprint density at radius 3 is 2.56 bits per heavy atom. The smallest absolute Gasteiger partial charge is 0.260 e. The number of nitrogens with zero attached hydrogens (tertiary/aromatic N) is 3. The number of rotatable bonds is 6. The highest BCUT2D eigenvalue weighted by Gasteiger charge is 2.24. The molecule has 0 saturated heterocycles. The van der Waals surface area contributed by atoms with Gasteiger partial charge in [0.2, 0.25) is 6.79 Å². The van der Waals surface area contributed by atoms with Gasteiger partial charge in [0.15, 0.2) is 16.6 Å². The first-order valence-electron chi connectivity index (χ1n) is 10.9. The zero-order valence-corrected chi connectivity index (χ0v) is 20.0. The van der Waals surface area contributed by atoms with Gasteiger partial charge in [0.05, 0.1) is 10.2 Å². The van der Waals surface area contributed by atoms with E-state index in [0.29, 0.717) is 12.3 Å². The van der Waals surface area contributed by atoms with Crippen molar-refractivity contribution >= 4 is 32.6 Å². The minimum absolute atomic E-state index is 0. The number of amides is 1. The molecule has 1 aliphatic heterocycles. The predicted molar refractivity (Wildman–Crippen MR) is 124 cm³/mol. The number of ether oxygens (including phenoxy) is 2.